The Bertz CT molecular complexity index is 2900. The van der Waals surface area contributed by atoms with Crippen LogP contribution in [0.5, 0.6) is 0 Å². The molecule has 0 saturated heterocycles. The van der Waals surface area contributed by atoms with Crippen molar-refractivity contribution in [1.29, 1.82) is 0 Å². The zero-order valence-corrected chi connectivity index (χ0v) is 32.8. The molecule has 0 radical (unpaired) electrons. The van der Waals surface area contributed by atoms with Gasteiger partial charge < -0.3 is 4.90 Å². The first kappa shape index (κ1) is 35.2. The van der Waals surface area contributed by atoms with Crippen molar-refractivity contribution in [2.24, 2.45) is 0 Å². The van der Waals surface area contributed by atoms with Crippen LogP contribution in [0.2, 0.25) is 0 Å². The topological polar surface area (TPSA) is 3.24 Å². The summed E-state index contributed by atoms with van der Waals surface area (Å²) < 4.78 is 0. The lowest BCUT2D eigenvalue weighted by Gasteiger charge is -2.26. The van der Waals surface area contributed by atoms with Gasteiger partial charge in [-0.25, -0.2) is 0 Å². The predicted molar refractivity (Wildman–Crippen MR) is 248 cm³/mol. The molecule has 0 spiro atoms. The lowest BCUT2D eigenvalue weighted by molar-refractivity contribution is 0.704. The van der Waals surface area contributed by atoms with Crippen molar-refractivity contribution >= 4 is 39.5 Å². The lowest BCUT2D eigenvalue weighted by Crippen LogP contribution is -2.16. The fourth-order valence-electron chi connectivity index (χ4n) is 8.67. The Labute approximate surface area is 341 Å². The van der Waals surface area contributed by atoms with E-state index in [2.05, 4.69) is 243 Å². The van der Waals surface area contributed by atoms with Crippen molar-refractivity contribution in [2.75, 3.05) is 4.90 Å². The van der Waals surface area contributed by atoms with Crippen LogP contribution in [0.4, 0.5) is 17.1 Å². The number of benzene rings is 9. The summed E-state index contributed by atoms with van der Waals surface area (Å²) in [4.78, 5) is 2.35. The first-order chi connectivity index (χ1) is 28.5. The Balaban J connectivity index is 0.957. The van der Waals surface area contributed by atoms with Crippen LogP contribution >= 0.6 is 0 Å². The third-order valence-corrected chi connectivity index (χ3v) is 11.9. The number of fused-ring (bicyclic) bond motifs is 2. The Morgan fingerprint density at radius 1 is 0.310 bits per heavy atom. The first-order valence-corrected chi connectivity index (χ1v) is 20.2. The molecule has 0 heterocycles. The summed E-state index contributed by atoms with van der Waals surface area (Å²) in [5.41, 5.74) is 18.3. The van der Waals surface area contributed by atoms with Crippen LogP contribution in [0.1, 0.15) is 30.5 Å². The normalized spacial score (nSPS) is 12.9. The van der Waals surface area contributed by atoms with Gasteiger partial charge in [-0.2, -0.15) is 0 Å². The van der Waals surface area contributed by atoms with Crippen LogP contribution in [-0.4, -0.2) is 0 Å². The van der Waals surface area contributed by atoms with Gasteiger partial charge in [0.2, 0.25) is 0 Å². The summed E-state index contributed by atoms with van der Waals surface area (Å²) in [7, 11) is 0. The molecular formula is C57H43N. The van der Waals surface area contributed by atoms with E-state index in [1.165, 1.54) is 77.5 Å². The van der Waals surface area contributed by atoms with E-state index in [1.54, 1.807) is 0 Å². The largest absolute Gasteiger partial charge is 0.311 e. The van der Waals surface area contributed by atoms with E-state index < -0.39 is 0 Å². The van der Waals surface area contributed by atoms with Crippen LogP contribution in [0.15, 0.2) is 218 Å². The van der Waals surface area contributed by atoms with E-state index in [9.17, 15) is 0 Å². The molecule has 0 bridgehead atoms. The van der Waals surface area contributed by atoms with Crippen molar-refractivity contribution in [3.05, 3.63) is 235 Å². The van der Waals surface area contributed by atoms with E-state index in [-0.39, 0.29) is 5.41 Å². The van der Waals surface area contributed by atoms with Gasteiger partial charge in [-0.1, -0.05) is 190 Å². The SMILES string of the molecule is CC1(C)C(c2ccc(-c3ccc(N(c4ccc(-c5ccc(-c6ccccc6)cc5)cc4)c4ccc(-c5ccc6ccccc6c5)cc4)cc3)cc2)=Cc2ccccc21. The third-order valence-electron chi connectivity index (χ3n) is 11.9. The molecule has 0 aromatic heterocycles. The molecule has 0 fully saturated rings. The van der Waals surface area contributed by atoms with Crippen molar-refractivity contribution in [3.8, 4) is 44.5 Å². The lowest BCUT2D eigenvalue weighted by atomic mass is 9.78. The summed E-state index contributed by atoms with van der Waals surface area (Å²) in [6.45, 7) is 4.66. The van der Waals surface area contributed by atoms with Crippen LogP contribution in [-0.2, 0) is 5.41 Å². The third kappa shape index (κ3) is 6.61. The Morgan fingerprint density at radius 3 is 1.21 bits per heavy atom. The summed E-state index contributed by atoms with van der Waals surface area (Å²) >= 11 is 0. The Kier molecular flexibility index (Phi) is 8.92. The molecule has 10 rings (SSSR count). The molecule has 0 amide bonds. The van der Waals surface area contributed by atoms with Gasteiger partial charge >= 0.3 is 0 Å². The maximum Gasteiger partial charge on any atom is 0.0462 e. The molecule has 0 unspecified atom stereocenters. The number of nitrogens with zero attached hydrogens (tertiary/aromatic N) is 1. The second kappa shape index (κ2) is 14.7. The van der Waals surface area contributed by atoms with Gasteiger partial charge in [-0.3, -0.25) is 0 Å². The molecule has 1 heteroatoms. The van der Waals surface area contributed by atoms with E-state index in [1.807, 2.05) is 0 Å². The molecule has 1 aliphatic carbocycles. The predicted octanol–water partition coefficient (Wildman–Crippen LogP) is 15.8. The Morgan fingerprint density at radius 2 is 0.690 bits per heavy atom. The van der Waals surface area contributed by atoms with Gasteiger partial charge in [0.15, 0.2) is 0 Å². The molecule has 9 aromatic carbocycles. The standard InChI is InChI=1S/C57H43N/c1-57(2)55-15-9-8-14-51(55)39-56(57)48-23-20-44(21-24-48)46-28-34-53(35-29-46)58(54-36-30-47(31-37-54)50-25-22-41-12-6-7-13-49(41)38-50)52-32-26-45(27-33-52)43-18-16-42(17-19-43)40-10-4-3-5-11-40/h3-39H,1-2H3. The highest BCUT2D eigenvalue weighted by atomic mass is 15.1. The fourth-order valence-corrected chi connectivity index (χ4v) is 8.67. The maximum atomic E-state index is 2.36. The first-order valence-electron chi connectivity index (χ1n) is 20.2. The minimum atomic E-state index is -0.0257. The van der Waals surface area contributed by atoms with Crippen molar-refractivity contribution < 1.29 is 0 Å². The quantitative estimate of drug-likeness (QED) is 0.150. The fraction of sp³-hybridized carbons (Fsp3) is 0.0526. The van der Waals surface area contributed by atoms with Gasteiger partial charge in [-0.05, 0) is 126 Å². The van der Waals surface area contributed by atoms with Gasteiger partial charge in [0, 0.05) is 22.5 Å². The average Bonchev–Trinajstić information content (AvgIpc) is 3.57. The average molecular weight is 742 g/mol. The number of rotatable bonds is 8. The van der Waals surface area contributed by atoms with Crippen LogP contribution in [0, 0.1) is 0 Å². The second-order valence-electron chi connectivity index (χ2n) is 15.8. The van der Waals surface area contributed by atoms with Crippen molar-refractivity contribution in [1.82, 2.24) is 0 Å². The van der Waals surface area contributed by atoms with Gasteiger partial charge in [-0.15, -0.1) is 0 Å². The summed E-state index contributed by atoms with van der Waals surface area (Å²) in [6, 6.07) is 79.4. The zero-order chi connectivity index (χ0) is 39.1. The molecule has 58 heavy (non-hydrogen) atoms. The van der Waals surface area contributed by atoms with E-state index in [0.717, 1.165) is 17.1 Å². The molecule has 0 N–H and O–H groups in total. The molecule has 0 atom stereocenters. The minimum Gasteiger partial charge on any atom is -0.311 e. The number of hydrogen-bond acceptors (Lipinski definition) is 1. The van der Waals surface area contributed by atoms with E-state index >= 15 is 0 Å². The molecule has 1 nitrogen and oxygen atoms in total. The van der Waals surface area contributed by atoms with Crippen LogP contribution < -0.4 is 4.90 Å². The van der Waals surface area contributed by atoms with Crippen molar-refractivity contribution in [2.45, 2.75) is 19.3 Å². The van der Waals surface area contributed by atoms with Gasteiger partial charge in [0.1, 0.15) is 0 Å². The second-order valence-corrected chi connectivity index (χ2v) is 15.8. The molecule has 0 saturated carbocycles. The van der Waals surface area contributed by atoms with Crippen molar-refractivity contribution in [3.63, 3.8) is 0 Å². The number of anilines is 3. The monoisotopic (exact) mass is 741 g/mol. The van der Waals surface area contributed by atoms with Gasteiger partial charge in [0.25, 0.3) is 0 Å². The van der Waals surface area contributed by atoms with E-state index in [4.69, 9.17) is 0 Å². The maximum absolute atomic E-state index is 2.36. The molecular weight excluding hydrogens is 699 g/mol. The highest BCUT2D eigenvalue weighted by Crippen LogP contribution is 2.47. The molecule has 0 aliphatic heterocycles. The highest BCUT2D eigenvalue weighted by Gasteiger charge is 2.33. The summed E-state index contributed by atoms with van der Waals surface area (Å²) in [6.07, 6.45) is 2.36. The number of hydrogen-bond donors (Lipinski definition) is 0. The summed E-state index contributed by atoms with van der Waals surface area (Å²) in [5, 5.41) is 2.51. The highest BCUT2D eigenvalue weighted by molar-refractivity contribution is 5.94. The Hall–Kier alpha value is -7.22. The zero-order valence-electron chi connectivity index (χ0n) is 32.8. The molecule has 9 aromatic rings. The minimum absolute atomic E-state index is 0.0257. The summed E-state index contributed by atoms with van der Waals surface area (Å²) in [5.74, 6) is 0. The van der Waals surface area contributed by atoms with Crippen LogP contribution in [0.25, 0.3) is 66.9 Å². The van der Waals surface area contributed by atoms with Crippen LogP contribution in [0.3, 0.4) is 0 Å². The smallest absolute Gasteiger partial charge is 0.0462 e. The molecule has 1 aliphatic rings. The molecule has 276 valence electrons. The van der Waals surface area contributed by atoms with Gasteiger partial charge in [0.05, 0.1) is 0 Å². The van der Waals surface area contributed by atoms with E-state index in [0.29, 0.717) is 0 Å². The number of allylic oxidation sites excluding steroid dienone is 1.